The van der Waals surface area contributed by atoms with Crippen LogP contribution in [0.25, 0.3) is 45.1 Å². The molecule has 4 aromatic carbocycles. The number of aromatic nitrogens is 2. The molecule has 0 N–H and O–H groups in total. The van der Waals surface area contributed by atoms with Crippen LogP contribution in [0.2, 0.25) is 0 Å². The maximum atomic E-state index is 6.07. The summed E-state index contributed by atoms with van der Waals surface area (Å²) in [6.07, 6.45) is 0.782. The van der Waals surface area contributed by atoms with Crippen molar-refractivity contribution in [2.45, 2.75) is 20.3 Å². The minimum absolute atomic E-state index is 0.656. The number of fused-ring (bicyclic) bond motifs is 2. The number of hydrogen-bond acceptors (Lipinski definition) is 4. The third-order valence-electron chi connectivity index (χ3n) is 5.99. The van der Waals surface area contributed by atoms with Crippen LogP contribution in [0.15, 0.2) is 93.8 Å². The molecule has 2 heterocycles. The Balaban J connectivity index is 1.36. The molecule has 6 aromatic rings. The van der Waals surface area contributed by atoms with Crippen molar-refractivity contribution in [2.75, 3.05) is 0 Å². The molecule has 0 unspecified atom stereocenters. The van der Waals surface area contributed by atoms with Crippen LogP contribution in [-0.4, -0.2) is 9.97 Å². The predicted octanol–water partition coefficient (Wildman–Crippen LogP) is 7.51. The third kappa shape index (κ3) is 3.60. The maximum absolute atomic E-state index is 6.07. The smallest absolute Gasteiger partial charge is 0.227 e. The van der Waals surface area contributed by atoms with Gasteiger partial charge >= 0.3 is 0 Å². The molecular formula is C29H22N2O2. The molecule has 0 aliphatic heterocycles. The van der Waals surface area contributed by atoms with Crippen LogP contribution in [-0.2, 0) is 6.42 Å². The van der Waals surface area contributed by atoms with E-state index in [1.165, 1.54) is 16.7 Å². The first-order chi connectivity index (χ1) is 16.1. The summed E-state index contributed by atoms with van der Waals surface area (Å²) in [5.41, 5.74) is 10.1. The molecule has 0 saturated carbocycles. The molecule has 6 rings (SSSR count). The zero-order chi connectivity index (χ0) is 22.4. The van der Waals surface area contributed by atoms with Gasteiger partial charge in [0.1, 0.15) is 11.0 Å². The Morgan fingerprint density at radius 1 is 0.636 bits per heavy atom. The standard InChI is InChI=1S/C29H22N2O2/c1-18-11-13-23(29-31-25-8-4-6-10-27(25)33-29)21(15-18)17-20-12-14-22(19(2)16-20)28-30-24-7-3-5-9-26(24)32-28/h3-16H,17H2,1-2H3. The fourth-order valence-corrected chi connectivity index (χ4v) is 4.35. The van der Waals surface area contributed by atoms with E-state index in [1.54, 1.807) is 0 Å². The van der Waals surface area contributed by atoms with Gasteiger partial charge in [-0.05, 0) is 73.4 Å². The van der Waals surface area contributed by atoms with E-state index in [-0.39, 0.29) is 0 Å². The lowest BCUT2D eigenvalue weighted by Crippen LogP contribution is -1.95. The number of hydrogen-bond donors (Lipinski definition) is 0. The van der Waals surface area contributed by atoms with Crippen LogP contribution in [0.5, 0.6) is 0 Å². The molecule has 33 heavy (non-hydrogen) atoms. The molecule has 160 valence electrons. The van der Waals surface area contributed by atoms with Crippen molar-refractivity contribution >= 4 is 22.2 Å². The van der Waals surface area contributed by atoms with Crippen molar-refractivity contribution in [2.24, 2.45) is 0 Å². The SMILES string of the molecule is Cc1ccc(-c2nc3ccccc3o2)c(Cc2ccc(-c3nc4ccccc4o3)c(C)c2)c1. The van der Waals surface area contributed by atoms with Crippen LogP contribution in [0, 0.1) is 13.8 Å². The van der Waals surface area contributed by atoms with Gasteiger partial charge in [-0.25, -0.2) is 9.97 Å². The number of nitrogens with zero attached hydrogens (tertiary/aromatic N) is 2. The molecule has 0 aliphatic carbocycles. The first-order valence-corrected chi connectivity index (χ1v) is 11.0. The average Bonchev–Trinajstić information content (AvgIpc) is 3.43. The third-order valence-corrected chi connectivity index (χ3v) is 5.99. The molecule has 0 aliphatic rings. The second-order valence-corrected chi connectivity index (χ2v) is 8.46. The van der Waals surface area contributed by atoms with Gasteiger partial charge in [0, 0.05) is 11.1 Å². The van der Waals surface area contributed by atoms with E-state index in [1.807, 2.05) is 48.5 Å². The Kier molecular flexibility index (Phi) is 4.58. The van der Waals surface area contributed by atoms with Gasteiger partial charge in [-0.15, -0.1) is 0 Å². The van der Waals surface area contributed by atoms with Gasteiger partial charge in [-0.1, -0.05) is 54.1 Å². The van der Waals surface area contributed by atoms with Gasteiger partial charge in [0.15, 0.2) is 11.2 Å². The van der Waals surface area contributed by atoms with E-state index >= 15 is 0 Å². The topological polar surface area (TPSA) is 52.1 Å². The summed E-state index contributed by atoms with van der Waals surface area (Å²) in [4.78, 5) is 9.38. The predicted molar refractivity (Wildman–Crippen MR) is 131 cm³/mol. The second-order valence-electron chi connectivity index (χ2n) is 8.46. The fraction of sp³-hybridized carbons (Fsp3) is 0.103. The molecule has 4 heteroatoms. The van der Waals surface area contributed by atoms with E-state index in [0.29, 0.717) is 11.8 Å². The Bertz CT molecular complexity index is 1560. The highest BCUT2D eigenvalue weighted by Gasteiger charge is 2.15. The summed E-state index contributed by atoms with van der Waals surface area (Å²) in [7, 11) is 0. The lowest BCUT2D eigenvalue weighted by atomic mass is 9.95. The lowest BCUT2D eigenvalue weighted by molar-refractivity contribution is 0.619. The van der Waals surface area contributed by atoms with Gasteiger partial charge in [0.05, 0.1) is 0 Å². The molecule has 0 fully saturated rings. The first-order valence-electron chi connectivity index (χ1n) is 11.0. The highest BCUT2D eigenvalue weighted by molar-refractivity contribution is 5.78. The highest BCUT2D eigenvalue weighted by atomic mass is 16.4. The van der Waals surface area contributed by atoms with Gasteiger partial charge in [-0.3, -0.25) is 0 Å². The number of rotatable bonds is 4. The number of benzene rings is 4. The molecular weight excluding hydrogens is 408 g/mol. The zero-order valence-corrected chi connectivity index (χ0v) is 18.5. The maximum Gasteiger partial charge on any atom is 0.227 e. The van der Waals surface area contributed by atoms with Gasteiger partial charge in [0.25, 0.3) is 0 Å². The first kappa shape index (κ1) is 19.5. The molecule has 4 nitrogen and oxygen atoms in total. The molecule has 0 amide bonds. The summed E-state index contributed by atoms with van der Waals surface area (Å²) < 4.78 is 12.1. The highest BCUT2D eigenvalue weighted by Crippen LogP contribution is 2.31. The second kappa shape index (κ2) is 7.75. The minimum atomic E-state index is 0.656. The summed E-state index contributed by atoms with van der Waals surface area (Å²) >= 11 is 0. The summed E-state index contributed by atoms with van der Waals surface area (Å²) in [6.45, 7) is 4.21. The van der Waals surface area contributed by atoms with Gasteiger partial charge < -0.3 is 8.83 Å². The Hall–Kier alpha value is -4.18. The van der Waals surface area contributed by atoms with Gasteiger partial charge in [-0.2, -0.15) is 0 Å². The van der Waals surface area contributed by atoms with E-state index in [9.17, 15) is 0 Å². The monoisotopic (exact) mass is 430 g/mol. The molecule has 0 bridgehead atoms. The van der Waals surface area contributed by atoms with Crippen molar-refractivity contribution in [3.8, 4) is 22.9 Å². The summed E-state index contributed by atoms with van der Waals surface area (Å²) in [5.74, 6) is 1.31. The van der Waals surface area contributed by atoms with Crippen molar-refractivity contribution in [1.82, 2.24) is 9.97 Å². The van der Waals surface area contributed by atoms with E-state index < -0.39 is 0 Å². The van der Waals surface area contributed by atoms with E-state index in [2.05, 4.69) is 55.2 Å². The van der Waals surface area contributed by atoms with Crippen molar-refractivity contribution in [3.05, 3.63) is 107 Å². The minimum Gasteiger partial charge on any atom is -0.436 e. The molecule has 0 spiro atoms. The summed E-state index contributed by atoms with van der Waals surface area (Å²) in [5, 5.41) is 0. The Labute approximate surface area is 191 Å². The van der Waals surface area contributed by atoms with Crippen LogP contribution in [0.1, 0.15) is 22.3 Å². The van der Waals surface area contributed by atoms with Crippen molar-refractivity contribution in [3.63, 3.8) is 0 Å². The van der Waals surface area contributed by atoms with Crippen LogP contribution in [0.4, 0.5) is 0 Å². The number of oxazole rings is 2. The Morgan fingerprint density at radius 3 is 1.88 bits per heavy atom. The fourth-order valence-electron chi connectivity index (χ4n) is 4.35. The van der Waals surface area contributed by atoms with Crippen LogP contribution < -0.4 is 0 Å². The number of para-hydroxylation sites is 4. The molecule has 2 aromatic heterocycles. The van der Waals surface area contributed by atoms with Crippen LogP contribution >= 0.6 is 0 Å². The molecule has 0 saturated heterocycles. The van der Waals surface area contributed by atoms with Crippen LogP contribution in [0.3, 0.4) is 0 Å². The molecule has 0 atom stereocenters. The van der Waals surface area contributed by atoms with Crippen molar-refractivity contribution in [1.29, 1.82) is 0 Å². The van der Waals surface area contributed by atoms with Crippen molar-refractivity contribution < 1.29 is 8.83 Å². The van der Waals surface area contributed by atoms with Gasteiger partial charge in [0.2, 0.25) is 11.8 Å². The Morgan fingerprint density at radius 2 is 1.24 bits per heavy atom. The lowest BCUT2D eigenvalue weighted by Gasteiger charge is -2.10. The zero-order valence-electron chi connectivity index (χ0n) is 18.5. The normalized spacial score (nSPS) is 11.5. The molecule has 0 radical (unpaired) electrons. The summed E-state index contributed by atoms with van der Waals surface area (Å²) in [6, 6.07) is 28.6. The van der Waals surface area contributed by atoms with E-state index in [0.717, 1.165) is 45.3 Å². The number of aryl methyl sites for hydroxylation is 2. The average molecular weight is 431 g/mol. The van der Waals surface area contributed by atoms with E-state index in [4.69, 9.17) is 13.8 Å². The largest absolute Gasteiger partial charge is 0.436 e. The quantitative estimate of drug-likeness (QED) is 0.290.